The third kappa shape index (κ3) is 5.55. The molecule has 4 unspecified atom stereocenters. The summed E-state index contributed by atoms with van der Waals surface area (Å²) in [6.07, 6.45) is 18.5. The molecule has 2 fully saturated rings. The number of benzene rings is 2. The number of hydrogen-bond donors (Lipinski definition) is 0. The van der Waals surface area contributed by atoms with Crippen LogP contribution in [-0.2, 0) is 6.42 Å². The number of unbranched alkanes of at least 4 members (excludes halogenated alkanes) is 3. The van der Waals surface area contributed by atoms with Gasteiger partial charge in [-0.1, -0.05) is 69.7 Å². The molecule has 0 saturated heterocycles. The van der Waals surface area contributed by atoms with Gasteiger partial charge in [-0.25, -0.2) is 13.2 Å². The van der Waals surface area contributed by atoms with E-state index < -0.39 is 17.5 Å². The molecule has 0 nitrogen and oxygen atoms in total. The van der Waals surface area contributed by atoms with Gasteiger partial charge in [0.2, 0.25) is 0 Å². The lowest BCUT2D eigenvalue weighted by Gasteiger charge is -2.42. The summed E-state index contributed by atoms with van der Waals surface area (Å²) in [7, 11) is 0. The standard InChI is InChI=1S/C31H41F3/c1-3-5-7-9-10-21-12-13-24-19-25(16-15-23(24)18-21)27-20-26-17-14-22(11-8-6-4-2)29(32)28(26)31(34)30(27)33/h4,6,14,17,20-21,23-25H,3,5,7-13,15-16,18-19H2,1-2H3. The molecule has 4 atom stereocenters. The number of aryl methyl sites for hydroxylation is 1. The van der Waals surface area contributed by atoms with Crippen molar-refractivity contribution in [2.45, 2.75) is 103 Å². The van der Waals surface area contributed by atoms with Gasteiger partial charge in [0, 0.05) is 0 Å². The highest BCUT2D eigenvalue weighted by Gasteiger charge is 2.37. The Morgan fingerprint density at radius 2 is 1.68 bits per heavy atom. The molecule has 0 bridgehead atoms. The minimum Gasteiger partial charge on any atom is -0.206 e. The first-order chi connectivity index (χ1) is 16.5. The van der Waals surface area contributed by atoms with Gasteiger partial charge in [-0.05, 0) is 98.1 Å². The average molecular weight is 471 g/mol. The van der Waals surface area contributed by atoms with Crippen LogP contribution in [0.5, 0.6) is 0 Å². The second kappa shape index (κ2) is 11.8. The Labute approximate surface area is 204 Å². The summed E-state index contributed by atoms with van der Waals surface area (Å²) in [5.74, 6) is -0.179. The summed E-state index contributed by atoms with van der Waals surface area (Å²) < 4.78 is 45.5. The molecule has 2 aliphatic rings. The zero-order valence-electron chi connectivity index (χ0n) is 21.0. The molecule has 2 aromatic rings. The van der Waals surface area contributed by atoms with Crippen LogP contribution in [0, 0.1) is 35.2 Å². The van der Waals surface area contributed by atoms with Gasteiger partial charge in [-0.2, -0.15) is 0 Å². The third-order valence-corrected chi connectivity index (χ3v) is 8.67. The van der Waals surface area contributed by atoms with E-state index in [2.05, 4.69) is 6.92 Å². The third-order valence-electron chi connectivity index (χ3n) is 8.67. The molecule has 2 aliphatic carbocycles. The van der Waals surface area contributed by atoms with Gasteiger partial charge in [-0.3, -0.25) is 0 Å². The molecule has 0 amide bonds. The van der Waals surface area contributed by atoms with E-state index in [1.807, 2.05) is 19.1 Å². The van der Waals surface area contributed by atoms with Gasteiger partial charge in [0.25, 0.3) is 0 Å². The van der Waals surface area contributed by atoms with Crippen LogP contribution in [0.3, 0.4) is 0 Å². The Morgan fingerprint density at radius 3 is 2.47 bits per heavy atom. The minimum atomic E-state index is -1.00. The van der Waals surface area contributed by atoms with Gasteiger partial charge in [0.05, 0.1) is 5.39 Å². The molecule has 186 valence electrons. The van der Waals surface area contributed by atoms with Crippen molar-refractivity contribution in [1.29, 1.82) is 0 Å². The van der Waals surface area contributed by atoms with Crippen LogP contribution in [0.25, 0.3) is 10.8 Å². The highest BCUT2D eigenvalue weighted by Crippen LogP contribution is 2.49. The zero-order chi connectivity index (χ0) is 24.1. The Hall–Kier alpha value is -1.77. The first kappa shape index (κ1) is 25.3. The van der Waals surface area contributed by atoms with Crippen molar-refractivity contribution >= 4 is 10.8 Å². The topological polar surface area (TPSA) is 0 Å². The first-order valence-corrected chi connectivity index (χ1v) is 13.7. The maximum absolute atomic E-state index is 15.3. The molecule has 2 aromatic carbocycles. The van der Waals surface area contributed by atoms with Crippen molar-refractivity contribution in [1.82, 2.24) is 0 Å². The summed E-state index contributed by atoms with van der Waals surface area (Å²) in [4.78, 5) is 0. The molecule has 0 N–H and O–H groups in total. The van der Waals surface area contributed by atoms with Crippen molar-refractivity contribution < 1.29 is 13.2 Å². The average Bonchev–Trinajstić information content (AvgIpc) is 2.85. The lowest BCUT2D eigenvalue weighted by atomic mass is 9.63. The van der Waals surface area contributed by atoms with Gasteiger partial charge in [0.1, 0.15) is 5.82 Å². The Balaban J connectivity index is 1.46. The van der Waals surface area contributed by atoms with E-state index in [0.29, 0.717) is 35.3 Å². The number of halogens is 3. The van der Waals surface area contributed by atoms with Crippen molar-refractivity contribution in [2.75, 3.05) is 0 Å². The van der Waals surface area contributed by atoms with Gasteiger partial charge < -0.3 is 0 Å². The molecule has 4 rings (SSSR count). The normalized spacial score (nSPS) is 25.2. The largest absolute Gasteiger partial charge is 0.206 e. The fraction of sp³-hybridized carbons (Fsp3) is 0.613. The van der Waals surface area contributed by atoms with Gasteiger partial charge in [-0.15, -0.1) is 0 Å². The molecule has 34 heavy (non-hydrogen) atoms. The lowest BCUT2D eigenvalue weighted by molar-refractivity contribution is 0.112. The van der Waals surface area contributed by atoms with Crippen LogP contribution in [0.4, 0.5) is 13.2 Å². The van der Waals surface area contributed by atoms with Crippen LogP contribution in [0.2, 0.25) is 0 Å². The predicted octanol–water partition coefficient (Wildman–Crippen LogP) is 10.0. The first-order valence-electron chi connectivity index (χ1n) is 13.7. The maximum Gasteiger partial charge on any atom is 0.169 e. The Morgan fingerprint density at radius 1 is 0.882 bits per heavy atom. The van der Waals surface area contributed by atoms with E-state index in [4.69, 9.17) is 0 Å². The Kier molecular flexibility index (Phi) is 8.77. The molecule has 0 heterocycles. The number of hydrogen-bond acceptors (Lipinski definition) is 0. The molecule has 2 saturated carbocycles. The molecular weight excluding hydrogens is 429 g/mol. The number of allylic oxidation sites excluding steroid dienone is 2. The van der Waals surface area contributed by atoms with E-state index in [1.54, 1.807) is 18.2 Å². The van der Waals surface area contributed by atoms with Crippen LogP contribution in [0.1, 0.15) is 108 Å². The monoisotopic (exact) mass is 470 g/mol. The summed E-state index contributed by atoms with van der Waals surface area (Å²) in [6.45, 7) is 4.18. The van der Waals surface area contributed by atoms with E-state index in [0.717, 1.165) is 31.1 Å². The fourth-order valence-electron chi connectivity index (χ4n) is 6.73. The summed E-state index contributed by atoms with van der Waals surface area (Å²) in [5, 5.41) is 0.301. The van der Waals surface area contributed by atoms with E-state index in [-0.39, 0.29) is 11.3 Å². The van der Waals surface area contributed by atoms with Crippen LogP contribution >= 0.6 is 0 Å². The van der Waals surface area contributed by atoms with Crippen molar-refractivity contribution in [3.63, 3.8) is 0 Å². The molecule has 0 aromatic heterocycles. The van der Waals surface area contributed by atoms with Crippen molar-refractivity contribution in [3.8, 4) is 0 Å². The van der Waals surface area contributed by atoms with Crippen molar-refractivity contribution in [3.05, 3.63) is 58.9 Å². The van der Waals surface area contributed by atoms with Gasteiger partial charge in [0.15, 0.2) is 11.6 Å². The van der Waals surface area contributed by atoms with Crippen molar-refractivity contribution in [2.24, 2.45) is 17.8 Å². The highest BCUT2D eigenvalue weighted by atomic mass is 19.2. The SMILES string of the molecule is CC=CCCc1ccc2cc(C3CCC4CC(CCCCCC)CCC4C3)c(F)c(F)c2c1F. The maximum atomic E-state index is 15.3. The van der Waals surface area contributed by atoms with Crippen LogP contribution in [-0.4, -0.2) is 0 Å². The van der Waals surface area contributed by atoms with E-state index in [9.17, 15) is 0 Å². The molecular formula is C31H41F3. The molecule has 3 heteroatoms. The van der Waals surface area contributed by atoms with Crippen LogP contribution in [0.15, 0.2) is 30.4 Å². The summed E-state index contributed by atoms with van der Waals surface area (Å²) in [6, 6.07) is 5.24. The van der Waals surface area contributed by atoms with E-state index >= 15 is 13.2 Å². The second-order valence-corrected chi connectivity index (χ2v) is 10.9. The quantitative estimate of drug-likeness (QED) is 0.253. The molecule has 0 spiro atoms. The number of fused-ring (bicyclic) bond motifs is 2. The zero-order valence-corrected chi connectivity index (χ0v) is 21.0. The lowest BCUT2D eigenvalue weighted by Crippen LogP contribution is -2.30. The summed E-state index contributed by atoms with van der Waals surface area (Å²) >= 11 is 0. The van der Waals surface area contributed by atoms with Gasteiger partial charge >= 0.3 is 0 Å². The summed E-state index contributed by atoms with van der Waals surface area (Å²) in [5.41, 5.74) is 0.912. The smallest absolute Gasteiger partial charge is 0.169 e. The second-order valence-electron chi connectivity index (χ2n) is 10.9. The highest BCUT2D eigenvalue weighted by molar-refractivity contribution is 5.85. The molecule has 0 radical (unpaired) electrons. The van der Waals surface area contributed by atoms with E-state index in [1.165, 1.54) is 51.4 Å². The fourth-order valence-corrected chi connectivity index (χ4v) is 6.73. The predicted molar refractivity (Wildman–Crippen MR) is 137 cm³/mol. The molecule has 0 aliphatic heterocycles. The number of rotatable bonds is 9. The minimum absolute atomic E-state index is 0.0404. The Bertz CT molecular complexity index is 992. The van der Waals surface area contributed by atoms with Crippen LogP contribution < -0.4 is 0 Å².